The average molecular weight is 305 g/mol. The van der Waals surface area contributed by atoms with Crippen molar-refractivity contribution in [3.63, 3.8) is 0 Å². The van der Waals surface area contributed by atoms with E-state index in [0.717, 1.165) is 22.4 Å². The largest absolute Gasteiger partial charge is 0.388 e. The third-order valence-electron chi connectivity index (χ3n) is 2.85. The summed E-state index contributed by atoms with van der Waals surface area (Å²) in [6.45, 7) is 2.91. The molecule has 2 rings (SSSR count). The minimum atomic E-state index is 0.825. The Morgan fingerprint density at radius 1 is 1.06 bits per heavy atom. The molecule has 0 fully saturated rings. The van der Waals surface area contributed by atoms with E-state index in [0.29, 0.717) is 0 Å². The van der Waals surface area contributed by atoms with Gasteiger partial charge in [0.1, 0.15) is 0 Å². The molecule has 0 amide bonds. The van der Waals surface area contributed by atoms with Crippen molar-refractivity contribution in [3.8, 4) is 0 Å². The fourth-order valence-corrected chi connectivity index (χ4v) is 2.38. The molecule has 0 radical (unpaired) electrons. The van der Waals surface area contributed by atoms with Gasteiger partial charge in [-0.25, -0.2) is 0 Å². The van der Waals surface area contributed by atoms with Gasteiger partial charge in [0.25, 0.3) is 0 Å². The lowest BCUT2D eigenvalue weighted by atomic mass is 10.2. The van der Waals surface area contributed by atoms with Crippen molar-refractivity contribution in [3.05, 3.63) is 58.1 Å². The minimum Gasteiger partial charge on any atom is -0.388 e. The van der Waals surface area contributed by atoms with E-state index in [1.54, 1.807) is 0 Å². The molecule has 0 saturated carbocycles. The van der Waals surface area contributed by atoms with E-state index < -0.39 is 0 Å². The zero-order valence-electron chi connectivity index (χ0n) is 10.6. The van der Waals surface area contributed by atoms with Gasteiger partial charge in [-0.2, -0.15) is 0 Å². The number of hydrogen-bond donors (Lipinski definition) is 2. The first-order chi connectivity index (χ1) is 8.69. The van der Waals surface area contributed by atoms with Crippen molar-refractivity contribution in [1.29, 1.82) is 0 Å². The van der Waals surface area contributed by atoms with Crippen LogP contribution in [0.25, 0.3) is 0 Å². The number of anilines is 2. The van der Waals surface area contributed by atoms with Gasteiger partial charge in [0, 0.05) is 29.4 Å². The van der Waals surface area contributed by atoms with Crippen molar-refractivity contribution < 1.29 is 0 Å². The lowest BCUT2D eigenvalue weighted by Gasteiger charge is -2.10. The third kappa shape index (κ3) is 3.26. The van der Waals surface area contributed by atoms with Gasteiger partial charge >= 0.3 is 0 Å². The Morgan fingerprint density at radius 3 is 2.39 bits per heavy atom. The van der Waals surface area contributed by atoms with Crippen LogP contribution in [0.2, 0.25) is 0 Å². The predicted octanol–water partition coefficient (Wildman–Crippen LogP) is 4.41. The topological polar surface area (TPSA) is 24.1 Å². The number of aryl methyl sites for hydroxylation is 1. The number of hydrogen-bond acceptors (Lipinski definition) is 2. The Bertz CT molecular complexity index is 521. The zero-order valence-corrected chi connectivity index (χ0v) is 12.2. The second-order valence-electron chi connectivity index (χ2n) is 4.28. The molecule has 2 N–H and O–H groups in total. The SMILES string of the molecule is CNc1ccc(CNc2ccc(C)cc2Br)cc1. The summed E-state index contributed by atoms with van der Waals surface area (Å²) in [6.07, 6.45) is 0. The molecule has 94 valence electrons. The van der Waals surface area contributed by atoms with Crippen LogP contribution in [0, 0.1) is 6.92 Å². The van der Waals surface area contributed by atoms with Gasteiger partial charge in [0.15, 0.2) is 0 Å². The van der Waals surface area contributed by atoms with Crippen LogP contribution < -0.4 is 10.6 Å². The molecule has 0 unspecified atom stereocenters. The number of halogens is 1. The highest BCUT2D eigenvalue weighted by Crippen LogP contribution is 2.24. The second-order valence-corrected chi connectivity index (χ2v) is 5.14. The van der Waals surface area contributed by atoms with Crippen molar-refractivity contribution in [2.45, 2.75) is 13.5 Å². The molecule has 3 heteroatoms. The van der Waals surface area contributed by atoms with Crippen molar-refractivity contribution >= 4 is 27.3 Å². The highest BCUT2D eigenvalue weighted by Gasteiger charge is 1.99. The second kappa shape index (κ2) is 5.91. The van der Waals surface area contributed by atoms with E-state index in [-0.39, 0.29) is 0 Å². The summed E-state index contributed by atoms with van der Waals surface area (Å²) in [4.78, 5) is 0. The maximum atomic E-state index is 3.57. The van der Waals surface area contributed by atoms with Gasteiger partial charge in [-0.1, -0.05) is 18.2 Å². The third-order valence-corrected chi connectivity index (χ3v) is 3.51. The molecule has 0 heterocycles. The Kier molecular flexibility index (Phi) is 4.26. The lowest BCUT2D eigenvalue weighted by Crippen LogP contribution is -2.00. The van der Waals surface area contributed by atoms with Crippen LogP contribution in [-0.2, 0) is 6.54 Å². The van der Waals surface area contributed by atoms with E-state index >= 15 is 0 Å². The molecule has 0 aliphatic heterocycles. The molecule has 0 spiro atoms. The van der Waals surface area contributed by atoms with Gasteiger partial charge < -0.3 is 10.6 Å². The van der Waals surface area contributed by atoms with Gasteiger partial charge in [-0.05, 0) is 58.2 Å². The predicted molar refractivity (Wildman–Crippen MR) is 82.2 cm³/mol. The smallest absolute Gasteiger partial charge is 0.0487 e. The number of benzene rings is 2. The van der Waals surface area contributed by atoms with Crippen LogP contribution in [-0.4, -0.2) is 7.05 Å². The number of nitrogens with one attached hydrogen (secondary N) is 2. The molecule has 2 aromatic rings. The Hall–Kier alpha value is -1.48. The maximum absolute atomic E-state index is 3.57. The van der Waals surface area contributed by atoms with Crippen molar-refractivity contribution in [1.82, 2.24) is 0 Å². The van der Waals surface area contributed by atoms with Crippen molar-refractivity contribution in [2.24, 2.45) is 0 Å². The molecular weight excluding hydrogens is 288 g/mol. The first kappa shape index (κ1) is 13.0. The molecular formula is C15H17BrN2. The standard InChI is InChI=1S/C15H17BrN2/c1-11-3-8-15(14(16)9-11)18-10-12-4-6-13(17-2)7-5-12/h3-9,17-18H,10H2,1-2H3. The summed E-state index contributed by atoms with van der Waals surface area (Å²) in [5.41, 5.74) is 4.78. The average Bonchev–Trinajstić information content (AvgIpc) is 2.38. The first-order valence-corrected chi connectivity index (χ1v) is 6.75. The van der Waals surface area contributed by atoms with Crippen LogP contribution in [0.15, 0.2) is 46.9 Å². The molecule has 2 nitrogen and oxygen atoms in total. The summed E-state index contributed by atoms with van der Waals surface area (Å²) in [7, 11) is 1.93. The van der Waals surface area contributed by atoms with E-state index in [2.05, 4.69) is 76.0 Å². The summed E-state index contributed by atoms with van der Waals surface area (Å²) >= 11 is 3.57. The summed E-state index contributed by atoms with van der Waals surface area (Å²) in [5, 5.41) is 6.54. The van der Waals surface area contributed by atoms with Crippen molar-refractivity contribution in [2.75, 3.05) is 17.7 Å². The van der Waals surface area contributed by atoms with Crippen LogP contribution >= 0.6 is 15.9 Å². The molecule has 0 aliphatic carbocycles. The molecule has 0 bridgehead atoms. The number of rotatable bonds is 4. The monoisotopic (exact) mass is 304 g/mol. The molecule has 0 aliphatic rings. The first-order valence-electron chi connectivity index (χ1n) is 5.96. The molecule has 0 aromatic heterocycles. The van der Waals surface area contributed by atoms with E-state index in [4.69, 9.17) is 0 Å². The summed E-state index contributed by atoms with van der Waals surface area (Å²) in [6, 6.07) is 14.7. The molecule has 0 atom stereocenters. The van der Waals surface area contributed by atoms with Crippen LogP contribution in [0.1, 0.15) is 11.1 Å². The normalized spacial score (nSPS) is 10.2. The van der Waals surface area contributed by atoms with Gasteiger partial charge in [0.2, 0.25) is 0 Å². The minimum absolute atomic E-state index is 0.825. The van der Waals surface area contributed by atoms with Gasteiger partial charge in [-0.15, -0.1) is 0 Å². The van der Waals surface area contributed by atoms with Gasteiger partial charge in [0.05, 0.1) is 0 Å². The van der Waals surface area contributed by atoms with E-state index in [9.17, 15) is 0 Å². The highest BCUT2D eigenvalue weighted by atomic mass is 79.9. The molecule has 18 heavy (non-hydrogen) atoms. The van der Waals surface area contributed by atoms with Gasteiger partial charge in [-0.3, -0.25) is 0 Å². The van der Waals surface area contributed by atoms with E-state index in [1.807, 2.05) is 7.05 Å². The highest BCUT2D eigenvalue weighted by molar-refractivity contribution is 9.10. The Balaban J connectivity index is 2.02. The molecule has 2 aromatic carbocycles. The van der Waals surface area contributed by atoms with Crippen LogP contribution in [0.4, 0.5) is 11.4 Å². The maximum Gasteiger partial charge on any atom is 0.0487 e. The zero-order chi connectivity index (χ0) is 13.0. The van der Waals surface area contributed by atoms with Crippen LogP contribution in [0.3, 0.4) is 0 Å². The Labute approximate surface area is 117 Å². The summed E-state index contributed by atoms with van der Waals surface area (Å²) in [5.74, 6) is 0. The fraction of sp³-hybridized carbons (Fsp3) is 0.200. The molecule has 0 saturated heterocycles. The summed E-state index contributed by atoms with van der Waals surface area (Å²) < 4.78 is 1.11. The van der Waals surface area contributed by atoms with Crippen LogP contribution in [0.5, 0.6) is 0 Å². The Morgan fingerprint density at radius 2 is 1.78 bits per heavy atom. The lowest BCUT2D eigenvalue weighted by molar-refractivity contribution is 1.14. The quantitative estimate of drug-likeness (QED) is 0.874. The fourth-order valence-electron chi connectivity index (χ4n) is 1.75. The van der Waals surface area contributed by atoms with E-state index in [1.165, 1.54) is 11.1 Å².